The maximum Gasteiger partial charge on any atom is 0.250 e. The Kier molecular flexibility index (Phi) is 3.49. The largest absolute Gasteiger partial charge is 0.399 e. The van der Waals surface area contributed by atoms with Gasteiger partial charge in [-0.1, -0.05) is 0 Å². The van der Waals surface area contributed by atoms with Gasteiger partial charge in [0.1, 0.15) is 0 Å². The summed E-state index contributed by atoms with van der Waals surface area (Å²) in [6.07, 6.45) is 2.36. The molecule has 1 aliphatic rings. The van der Waals surface area contributed by atoms with Crippen molar-refractivity contribution < 1.29 is 9.53 Å². The van der Waals surface area contributed by atoms with E-state index in [9.17, 15) is 4.79 Å². The summed E-state index contributed by atoms with van der Waals surface area (Å²) in [5, 5.41) is 3.18. The van der Waals surface area contributed by atoms with Crippen LogP contribution >= 0.6 is 0 Å². The minimum Gasteiger partial charge on any atom is -0.399 e. The molecule has 5 N–H and O–H groups in total. The molecule has 17 heavy (non-hydrogen) atoms. The summed E-state index contributed by atoms with van der Waals surface area (Å²) in [6.45, 7) is 1.50. The van der Waals surface area contributed by atoms with Crippen LogP contribution in [0.5, 0.6) is 0 Å². The van der Waals surface area contributed by atoms with Crippen LogP contribution in [-0.2, 0) is 4.74 Å². The highest BCUT2D eigenvalue weighted by atomic mass is 16.5. The van der Waals surface area contributed by atoms with E-state index in [-0.39, 0.29) is 6.10 Å². The number of carbonyl (C=O) groups excluding carboxylic acids is 1. The van der Waals surface area contributed by atoms with E-state index in [1.807, 2.05) is 0 Å². The molecule has 1 heterocycles. The molecule has 1 fully saturated rings. The summed E-state index contributed by atoms with van der Waals surface area (Å²) in [5.74, 6) is -0.479. The van der Waals surface area contributed by atoms with Gasteiger partial charge in [-0.3, -0.25) is 4.79 Å². The number of hydrogen-bond acceptors (Lipinski definition) is 4. The topological polar surface area (TPSA) is 90.4 Å². The highest BCUT2D eigenvalue weighted by Crippen LogP contribution is 2.20. The molecule has 0 aliphatic carbocycles. The zero-order valence-electron chi connectivity index (χ0n) is 9.61. The minimum atomic E-state index is -0.479. The van der Waals surface area contributed by atoms with Gasteiger partial charge in [0.15, 0.2) is 0 Å². The molecule has 1 atom stereocenters. The summed E-state index contributed by atoms with van der Waals surface area (Å²) < 4.78 is 5.50. The number of nitrogens with one attached hydrogen (secondary N) is 1. The van der Waals surface area contributed by atoms with Crippen molar-refractivity contribution in [1.29, 1.82) is 0 Å². The lowest BCUT2D eigenvalue weighted by Crippen LogP contribution is -2.21. The summed E-state index contributed by atoms with van der Waals surface area (Å²) >= 11 is 0. The first-order valence-corrected chi connectivity index (χ1v) is 5.71. The monoisotopic (exact) mass is 235 g/mol. The molecular formula is C12H17N3O2. The normalized spacial score (nSPS) is 19.2. The average Bonchev–Trinajstić information content (AvgIpc) is 2.80. The number of nitrogens with two attached hydrogens (primary N) is 2. The van der Waals surface area contributed by atoms with Gasteiger partial charge in [0.2, 0.25) is 0 Å². The minimum absolute atomic E-state index is 0.216. The molecule has 0 unspecified atom stereocenters. The Morgan fingerprint density at radius 2 is 2.35 bits per heavy atom. The van der Waals surface area contributed by atoms with Gasteiger partial charge in [0, 0.05) is 24.5 Å². The molecule has 5 nitrogen and oxygen atoms in total. The first-order chi connectivity index (χ1) is 8.16. The first kappa shape index (κ1) is 11.7. The van der Waals surface area contributed by atoms with E-state index in [2.05, 4.69) is 5.32 Å². The molecule has 0 saturated carbocycles. The number of ether oxygens (including phenoxy) is 1. The Bertz CT molecular complexity index is 414. The number of hydrogen-bond donors (Lipinski definition) is 3. The van der Waals surface area contributed by atoms with E-state index < -0.39 is 5.91 Å². The molecule has 1 aromatic rings. The van der Waals surface area contributed by atoms with Gasteiger partial charge in [-0.2, -0.15) is 0 Å². The fraction of sp³-hybridized carbons (Fsp3) is 0.417. The SMILES string of the molecule is NC(=O)c1cc(N)ccc1NC[C@@H]1CCCO1. The molecule has 0 aromatic heterocycles. The number of anilines is 2. The number of benzene rings is 1. The van der Waals surface area contributed by atoms with Crippen molar-refractivity contribution in [3.05, 3.63) is 23.8 Å². The fourth-order valence-electron chi connectivity index (χ4n) is 1.95. The van der Waals surface area contributed by atoms with Crippen molar-refractivity contribution >= 4 is 17.3 Å². The lowest BCUT2D eigenvalue weighted by molar-refractivity contribution is 0.100. The van der Waals surface area contributed by atoms with Crippen molar-refractivity contribution in [3.63, 3.8) is 0 Å². The Morgan fingerprint density at radius 3 is 3.00 bits per heavy atom. The van der Waals surface area contributed by atoms with Crippen LogP contribution in [0.4, 0.5) is 11.4 Å². The van der Waals surface area contributed by atoms with E-state index in [0.717, 1.165) is 19.4 Å². The second kappa shape index (κ2) is 5.05. The third-order valence-electron chi connectivity index (χ3n) is 2.85. The van der Waals surface area contributed by atoms with Gasteiger partial charge < -0.3 is 21.5 Å². The number of carbonyl (C=O) groups is 1. The molecule has 0 bridgehead atoms. The predicted octanol–water partition coefficient (Wildman–Crippen LogP) is 0.959. The van der Waals surface area contributed by atoms with Crippen molar-refractivity contribution in [2.45, 2.75) is 18.9 Å². The number of rotatable bonds is 4. The van der Waals surface area contributed by atoms with Gasteiger partial charge >= 0.3 is 0 Å². The van der Waals surface area contributed by atoms with Crippen LogP contribution < -0.4 is 16.8 Å². The van der Waals surface area contributed by atoms with Crippen LogP contribution in [0.25, 0.3) is 0 Å². The quantitative estimate of drug-likeness (QED) is 0.678. The van der Waals surface area contributed by atoms with Crippen LogP contribution in [-0.4, -0.2) is 25.2 Å². The second-order valence-electron chi connectivity index (χ2n) is 4.19. The predicted molar refractivity (Wildman–Crippen MR) is 66.8 cm³/mol. The highest BCUT2D eigenvalue weighted by molar-refractivity contribution is 5.99. The molecule has 5 heteroatoms. The van der Waals surface area contributed by atoms with Gasteiger partial charge in [-0.25, -0.2) is 0 Å². The summed E-state index contributed by atoms with van der Waals surface area (Å²) in [4.78, 5) is 11.3. The van der Waals surface area contributed by atoms with Crippen molar-refractivity contribution in [2.75, 3.05) is 24.2 Å². The van der Waals surface area contributed by atoms with Gasteiger partial charge in [0.25, 0.3) is 5.91 Å². The van der Waals surface area contributed by atoms with Crippen LogP contribution in [0.15, 0.2) is 18.2 Å². The third kappa shape index (κ3) is 2.88. The summed E-state index contributed by atoms with van der Waals surface area (Å²) in [7, 11) is 0. The standard InChI is InChI=1S/C12H17N3O2/c13-8-3-4-11(10(6-8)12(14)16)15-7-9-2-1-5-17-9/h3-4,6,9,15H,1-2,5,7,13H2,(H2,14,16)/t9-/m0/s1. The number of nitrogen functional groups attached to an aromatic ring is 1. The Labute approximate surface area is 100 Å². The van der Waals surface area contributed by atoms with Crippen LogP contribution in [0.3, 0.4) is 0 Å². The molecule has 0 spiro atoms. The van der Waals surface area contributed by atoms with Crippen LogP contribution in [0.2, 0.25) is 0 Å². The molecule has 2 rings (SSSR count). The maximum atomic E-state index is 11.3. The summed E-state index contributed by atoms with van der Waals surface area (Å²) in [5.41, 5.74) is 12.6. The molecule has 1 amide bonds. The molecule has 1 aromatic carbocycles. The van der Waals surface area contributed by atoms with Crippen LogP contribution in [0.1, 0.15) is 23.2 Å². The zero-order valence-corrected chi connectivity index (χ0v) is 9.61. The lowest BCUT2D eigenvalue weighted by Gasteiger charge is -2.14. The van der Waals surface area contributed by atoms with E-state index in [4.69, 9.17) is 16.2 Å². The Hall–Kier alpha value is -1.75. The van der Waals surface area contributed by atoms with Crippen molar-refractivity contribution in [2.24, 2.45) is 5.73 Å². The Morgan fingerprint density at radius 1 is 1.53 bits per heavy atom. The molecule has 92 valence electrons. The maximum absolute atomic E-state index is 11.3. The third-order valence-corrected chi connectivity index (χ3v) is 2.85. The molecule has 1 saturated heterocycles. The molecule has 0 radical (unpaired) electrons. The fourth-order valence-corrected chi connectivity index (χ4v) is 1.95. The van der Waals surface area contributed by atoms with Crippen molar-refractivity contribution in [1.82, 2.24) is 0 Å². The average molecular weight is 235 g/mol. The van der Waals surface area contributed by atoms with Gasteiger partial charge in [-0.15, -0.1) is 0 Å². The Balaban J connectivity index is 2.06. The molecular weight excluding hydrogens is 218 g/mol. The number of primary amides is 1. The van der Waals surface area contributed by atoms with Gasteiger partial charge in [-0.05, 0) is 31.0 Å². The van der Waals surface area contributed by atoms with Gasteiger partial charge in [0.05, 0.1) is 11.7 Å². The van der Waals surface area contributed by atoms with Crippen LogP contribution in [0, 0.1) is 0 Å². The van der Waals surface area contributed by atoms with E-state index in [0.29, 0.717) is 23.5 Å². The van der Waals surface area contributed by atoms with Crippen molar-refractivity contribution in [3.8, 4) is 0 Å². The van der Waals surface area contributed by atoms with E-state index >= 15 is 0 Å². The van der Waals surface area contributed by atoms with E-state index in [1.165, 1.54) is 0 Å². The smallest absolute Gasteiger partial charge is 0.250 e. The van der Waals surface area contributed by atoms with E-state index in [1.54, 1.807) is 18.2 Å². The zero-order chi connectivity index (χ0) is 12.3. The molecule has 1 aliphatic heterocycles. The second-order valence-corrected chi connectivity index (χ2v) is 4.19. The first-order valence-electron chi connectivity index (χ1n) is 5.71. The lowest BCUT2D eigenvalue weighted by atomic mass is 10.1. The highest BCUT2D eigenvalue weighted by Gasteiger charge is 2.16. The number of amides is 1. The summed E-state index contributed by atoms with van der Waals surface area (Å²) in [6, 6.07) is 5.09.